The molecule has 0 heterocycles. The van der Waals surface area contributed by atoms with Crippen molar-refractivity contribution in [2.75, 3.05) is 20.6 Å². The summed E-state index contributed by atoms with van der Waals surface area (Å²) in [6, 6.07) is 10.7. The molecule has 0 amide bonds. The quantitative estimate of drug-likeness (QED) is 0.691. The fourth-order valence-corrected chi connectivity index (χ4v) is 1.60. The van der Waals surface area contributed by atoms with E-state index in [1.54, 1.807) is 0 Å². The maximum absolute atomic E-state index is 2.33. The van der Waals surface area contributed by atoms with Crippen LogP contribution in [0.2, 0.25) is 0 Å². The van der Waals surface area contributed by atoms with Crippen LogP contribution in [0.1, 0.15) is 18.9 Å². The molecule has 1 atom stereocenters. The number of hydrogen-bond donors (Lipinski definition) is 0. The molecule has 0 spiro atoms. The minimum atomic E-state index is 0.778. The average molecular weight is 191 g/mol. The molecule has 1 aromatic rings. The van der Waals surface area contributed by atoms with E-state index >= 15 is 0 Å². The van der Waals surface area contributed by atoms with Crippen molar-refractivity contribution >= 4 is 0 Å². The van der Waals surface area contributed by atoms with Crippen molar-refractivity contribution in [2.45, 2.75) is 19.8 Å². The summed E-state index contributed by atoms with van der Waals surface area (Å²) in [5.41, 5.74) is 1.46. The van der Waals surface area contributed by atoms with E-state index in [-0.39, 0.29) is 0 Å². The fourth-order valence-electron chi connectivity index (χ4n) is 1.60. The molecule has 78 valence electrons. The molecule has 0 fully saturated rings. The predicted molar refractivity (Wildman–Crippen MR) is 62.5 cm³/mol. The molecule has 0 radical (unpaired) electrons. The predicted octanol–water partition coefficient (Wildman–Crippen LogP) is 2.82. The molecule has 14 heavy (non-hydrogen) atoms. The van der Waals surface area contributed by atoms with E-state index in [2.05, 4.69) is 56.3 Å². The summed E-state index contributed by atoms with van der Waals surface area (Å²) in [5, 5.41) is 0. The third kappa shape index (κ3) is 4.43. The van der Waals surface area contributed by atoms with Crippen molar-refractivity contribution in [3.05, 3.63) is 35.9 Å². The molecular weight excluding hydrogens is 170 g/mol. The molecule has 1 nitrogen and oxygen atoms in total. The van der Waals surface area contributed by atoms with Crippen molar-refractivity contribution in [2.24, 2.45) is 5.92 Å². The maximum Gasteiger partial charge on any atom is -0.00222 e. The molecule has 0 aliphatic rings. The number of nitrogens with zero attached hydrogens (tertiary/aromatic N) is 1. The molecule has 0 aromatic heterocycles. The fraction of sp³-hybridized carbons (Fsp3) is 0.538. The monoisotopic (exact) mass is 191 g/mol. The van der Waals surface area contributed by atoms with Gasteiger partial charge in [-0.3, -0.25) is 0 Å². The molecule has 1 heteroatoms. The molecule has 0 aliphatic carbocycles. The van der Waals surface area contributed by atoms with Gasteiger partial charge in [-0.1, -0.05) is 37.3 Å². The van der Waals surface area contributed by atoms with Crippen molar-refractivity contribution < 1.29 is 0 Å². The Bertz CT molecular complexity index is 241. The van der Waals surface area contributed by atoms with Crippen LogP contribution in [0.5, 0.6) is 0 Å². The Balaban J connectivity index is 2.30. The van der Waals surface area contributed by atoms with Gasteiger partial charge < -0.3 is 4.90 Å². The van der Waals surface area contributed by atoms with E-state index in [9.17, 15) is 0 Å². The molecule has 0 unspecified atom stereocenters. The van der Waals surface area contributed by atoms with Gasteiger partial charge in [-0.15, -0.1) is 0 Å². The summed E-state index contributed by atoms with van der Waals surface area (Å²) >= 11 is 0. The Morgan fingerprint density at radius 2 is 1.79 bits per heavy atom. The van der Waals surface area contributed by atoms with E-state index < -0.39 is 0 Å². The van der Waals surface area contributed by atoms with Crippen molar-refractivity contribution in [3.8, 4) is 0 Å². The third-order valence-corrected chi connectivity index (χ3v) is 2.50. The summed E-state index contributed by atoms with van der Waals surface area (Å²) in [7, 11) is 4.27. The molecule has 0 N–H and O–H groups in total. The minimum Gasteiger partial charge on any atom is -0.309 e. The lowest BCUT2D eigenvalue weighted by Gasteiger charge is -2.14. The van der Waals surface area contributed by atoms with Crippen molar-refractivity contribution in [3.63, 3.8) is 0 Å². The summed E-state index contributed by atoms with van der Waals surface area (Å²) < 4.78 is 0. The standard InChI is InChI=1S/C13H21N/c1-12(9-10-14(2)3)11-13-7-5-4-6-8-13/h4-8,12H,9-11H2,1-3H3/t12-/m1/s1. The van der Waals surface area contributed by atoms with Crippen LogP contribution in [0.15, 0.2) is 30.3 Å². The van der Waals surface area contributed by atoms with Gasteiger partial charge in [0.2, 0.25) is 0 Å². The Labute approximate surface area is 87.7 Å². The molecule has 0 bridgehead atoms. The van der Waals surface area contributed by atoms with E-state index in [1.165, 1.54) is 24.9 Å². The number of benzene rings is 1. The minimum absolute atomic E-state index is 0.778. The van der Waals surface area contributed by atoms with Crippen molar-refractivity contribution in [1.29, 1.82) is 0 Å². The first-order valence-electron chi connectivity index (χ1n) is 5.37. The van der Waals surface area contributed by atoms with E-state index in [1.807, 2.05) is 0 Å². The largest absolute Gasteiger partial charge is 0.309 e. The molecule has 0 saturated heterocycles. The third-order valence-electron chi connectivity index (χ3n) is 2.50. The smallest absolute Gasteiger partial charge is 0.00222 e. The normalized spacial score (nSPS) is 13.1. The van der Waals surface area contributed by atoms with E-state index in [0.717, 1.165) is 5.92 Å². The van der Waals surface area contributed by atoms with Gasteiger partial charge in [-0.25, -0.2) is 0 Å². The maximum atomic E-state index is 2.33. The van der Waals surface area contributed by atoms with Crippen molar-refractivity contribution in [1.82, 2.24) is 4.90 Å². The second-order valence-corrected chi connectivity index (χ2v) is 4.39. The Kier molecular flexibility index (Phi) is 4.68. The van der Waals surface area contributed by atoms with Crippen LogP contribution in [-0.2, 0) is 6.42 Å². The Morgan fingerprint density at radius 3 is 2.36 bits per heavy atom. The number of rotatable bonds is 5. The molecule has 1 rings (SSSR count). The first-order chi connectivity index (χ1) is 6.68. The topological polar surface area (TPSA) is 3.24 Å². The Morgan fingerprint density at radius 1 is 1.14 bits per heavy atom. The first kappa shape index (κ1) is 11.3. The lowest BCUT2D eigenvalue weighted by atomic mass is 9.98. The second kappa shape index (κ2) is 5.82. The highest BCUT2D eigenvalue weighted by molar-refractivity contribution is 5.14. The van der Waals surface area contributed by atoms with Gasteiger partial charge in [-0.05, 0) is 45.0 Å². The Hall–Kier alpha value is -0.820. The van der Waals surface area contributed by atoms with E-state index in [0.29, 0.717) is 0 Å². The van der Waals surface area contributed by atoms with Crippen LogP contribution in [0.4, 0.5) is 0 Å². The lowest BCUT2D eigenvalue weighted by molar-refractivity contribution is 0.359. The zero-order valence-corrected chi connectivity index (χ0v) is 9.53. The summed E-state index contributed by atoms with van der Waals surface area (Å²) in [5.74, 6) is 0.778. The zero-order valence-electron chi connectivity index (χ0n) is 9.53. The average Bonchev–Trinajstić information content (AvgIpc) is 2.16. The molecule has 0 saturated carbocycles. The van der Waals surface area contributed by atoms with Crippen LogP contribution in [0.3, 0.4) is 0 Å². The molecule has 0 aliphatic heterocycles. The summed E-state index contributed by atoms with van der Waals surface area (Å²) in [6.07, 6.45) is 2.48. The van der Waals surface area contributed by atoms with Gasteiger partial charge in [-0.2, -0.15) is 0 Å². The van der Waals surface area contributed by atoms with Crippen LogP contribution >= 0.6 is 0 Å². The lowest BCUT2D eigenvalue weighted by Crippen LogP contribution is -2.16. The molecular formula is C13H21N. The van der Waals surface area contributed by atoms with Gasteiger partial charge in [0.1, 0.15) is 0 Å². The first-order valence-corrected chi connectivity index (χ1v) is 5.37. The summed E-state index contributed by atoms with van der Waals surface area (Å²) in [4.78, 5) is 2.25. The highest BCUT2D eigenvalue weighted by atomic mass is 15.0. The van der Waals surface area contributed by atoms with Gasteiger partial charge in [0, 0.05) is 0 Å². The number of hydrogen-bond acceptors (Lipinski definition) is 1. The van der Waals surface area contributed by atoms with Crippen LogP contribution in [0, 0.1) is 5.92 Å². The van der Waals surface area contributed by atoms with Crippen LogP contribution in [0.25, 0.3) is 0 Å². The van der Waals surface area contributed by atoms with Gasteiger partial charge in [0.05, 0.1) is 0 Å². The van der Waals surface area contributed by atoms with Gasteiger partial charge >= 0.3 is 0 Å². The van der Waals surface area contributed by atoms with E-state index in [4.69, 9.17) is 0 Å². The highest BCUT2D eigenvalue weighted by Crippen LogP contribution is 2.11. The zero-order chi connectivity index (χ0) is 10.4. The van der Waals surface area contributed by atoms with Crippen LogP contribution < -0.4 is 0 Å². The highest BCUT2D eigenvalue weighted by Gasteiger charge is 2.03. The molecule has 1 aromatic carbocycles. The summed E-state index contributed by atoms with van der Waals surface area (Å²) in [6.45, 7) is 3.52. The SMILES string of the molecule is C[C@H](CCN(C)C)Cc1ccccc1. The van der Waals surface area contributed by atoms with Gasteiger partial charge in [0.25, 0.3) is 0 Å². The van der Waals surface area contributed by atoms with Crippen LogP contribution in [-0.4, -0.2) is 25.5 Å². The second-order valence-electron chi connectivity index (χ2n) is 4.39. The van der Waals surface area contributed by atoms with Gasteiger partial charge in [0.15, 0.2) is 0 Å².